The fourth-order valence-corrected chi connectivity index (χ4v) is 3.24. The molecule has 1 heterocycles. The number of likely N-dealkylation sites (N-methyl/N-ethyl adjacent to an activating group) is 1. The van der Waals surface area contributed by atoms with E-state index in [1.807, 2.05) is 62.3 Å². The van der Waals surface area contributed by atoms with Gasteiger partial charge in [-0.1, -0.05) is 25.1 Å². The number of hydrogen-bond donors (Lipinski definition) is 1. The van der Waals surface area contributed by atoms with Crippen LogP contribution in [0.3, 0.4) is 0 Å². The standard InChI is InChI=1S/C23H26N2O4/c1-5-15-6-11-21-18(12-15)20(26)13-22(29-21)23(27)24-14-19(25(2)3)16-7-9-17(28-4)10-8-16/h6-13,19H,5,14H2,1-4H3,(H,24,27)/t19-/m1/s1. The number of aryl methyl sites for hydroxylation is 1. The predicted molar refractivity (Wildman–Crippen MR) is 114 cm³/mol. The molecule has 0 aliphatic rings. The average molecular weight is 394 g/mol. The fourth-order valence-electron chi connectivity index (χ4n) is 3.24. The SMILES string of the molecule is CCc1ccc2oc(C(=O)NC[C@H](c3ccc(OC)cc3)N(C)C)cc(=O)c2c1. The second kappa shape index (κ2) is 8.92. The minimum atomic E-state index is -0.413. The monoisotopic (exact) mass is 394 g/mol. The van der Waals surface area contributed by atoms with Crippen molar-refractivity contribution in [1.82, 2.24) is 10.2 Å². The van der Waals surface area contributed by atoms with Gasteiger partial charge in [0, 0.05) is 12.6 Å². The molecule has 1 amide bonds. The van der Waals surface area contributed by atoms with E-state index in [9.17, 15) is 9.59 Å². The molecular weight excluding hydrogens is 368 g/mol. The molecule has 6 nitrogen and oxygen atoms in total. The molecule has 0 fully saturated rings. The summed E-state index contributed by atoms with van der Waals surface area (Å²) < 4.78 is 10.9. The van der Waals surface area contributed by atoms with E-state index in [-0.39, 0.29) is 17.2 Å². The van der Waals surface area contributed by atoms with Crippen molar-refractivity contribution in [3.05, 3.63) is 75.6 Å². The van der Waals surface area contributed by atoms with E-state index in [1.54, 1.807) is 13.2 Å². The Bertz CT molecular complexity index is 1050. The number of carbonyl (C=O) groups excluding carboxylic acids is 1. The molecule has 0 saturated carbocycles. The molecule has 1 N–H and O–H groups in total. The Kier molecular flexibility index (Phi) is 6.34. The van der Waals surface area contributed by atoms with Gasteiger partial charge < -0.3 is 19.4 Å². The smallest absolute Gasteiger partial charge is 0.287 e. The lowest BCUT2D eigenvalue weighted by Gasteiger charge is -2.25. The van der Waals surface area contributed by atoms with Crippen LogP contribution >= 0.6 is 0 Å². The third-order valence-corrected chi connectivity index (χ3v) is 5.00. The highest BCUT2D eigenvalue weighted by molar-refractivity contribution is 5.93. The van der Waals surface area contributed by atoms with Crippen LogP contribution in [-0.2, 0) is 6.42 Å². The van der Waals surface area contributed by atoms with Gasteiger partial charge in [0.15, 0.2) is 11.2 Å². The van der Waals surface area contributed by atoms with Crippen LogP contribution in [0.4, 0.5) is 0 Å². The third kappa shape index (κ3) is 4.66. The van der Waals surface area contributed by atoms with E-state index in [2.05, 4.69) is 5.32 Å². The first-order valence-corrected chi connectivity index (χ1v) is 9.58. The van der Waals surface area contributed by atoms with Crippen molar-refractivity contribution in [1.29, 1.82) is 0 Å². The summed E-state index contributed by atoms with van der Waals surface area (Å²) in [5.41, 5.74) is 2.30. The minimum Gasteiger partial charge on any atom is -0.497 e. The Morgan fingerprint density at radius 3 is 2.48 bits per heavy atom. The molecule has 29 heavy (non-hydrogen) atoms. The first kappa shape index (κ1) is 20.6. The highest BCUT2D eigenvalue weighted by Crippen LogP contribution is 2.21. The Labute approximate surface area is 170 Å². The van der Waals surface area contributed by atoms with Crippen molar-refractivity contribution in [2.45, 2.75) is 19.4 Å². The average Bonchev–Trinajstić information content (AvgIpc) is 2.73. The van der Waals surface area contributed by atoms with Crippen molar-refractivity contribution >= 4 is 16.9 Å². The fraction of sp³-hybridized carbons (Fsp3) is 0.304. The lowest BCUT2D eigenvalue weighted by molar-refractivity contribution is 0.0914. The van der Waals surface area contributed by atoms with Crippen LogP contribution in [-0.4, -0.2) is 38.6 Å². The number of methoxy groups -OCH3 is 1. The van der Waals surface area contributed by atoms with Crippen LogP contribution in [0.2, 0.25) is 0 Å². The van der Waals surface area contributed by atoms with Crippen molar-refractivity contribution < 1.29 is 13.9 Å². The van der Waals surface area contributed by atoms with E-state index in [4.69, 9.17) is 9.15 Å². The molecule has 152 valence electrons. The summed E-state index contributed by atoms with van der Waals surface area (Å²) in [6.45, 7) is 2.39. The van der Waals surface area contributed by atoms with Crippen LogP contribution in [0.25, 0.3) is 11.0 Å². The summed E-state index contributed by atoms with van der Waals surface area (Å²) in [5.74, 6) is 0.377. The van der Waals surface area contributed by atoms with Gasteiger partial charge in [-0.15, -0.1) is 0 Å². The normalized spacial score (nSPS) is 12.2. The summed E-state index contributed by atoms with van der Waals surface area (Å²) in [4.78, 5) is 27.1. The maximum Gasteiger partial charge on any atom is 0.287 e. The van der Waals surface area contributed by atoms with Gasteiger partial charge in [0.2, 0.25) is 0 Å². The molecule has 3 aromatic rings. The van der Waals surface area contributed by atoms with E-state index in [0.717, 1.165) is 23.3 Å². The lowest BCUT2D eigenvalue weighted by Crippen LogP contribution is -2.34. The molecule has 0 bridgehead atoms. The highest BCUT2D eigenvalue weighted by atomic mass is 16.5. The molecule has 0 spiro atoms. The van der Waals surface area contributed by atoms with E-state index in [1.165, 1.54) is 6.07 Å². The van der Waals surface area contributed by atoms with Crippen LogP contribution in [0.15, 0.2) is 57.7 Å². The van der Waals surface area contributed by atoms with Crippen molar-refractivity contribution in [2.24, 2.45) is 0 Å². The van der Waals surface area contributed by atoms with Gasteiger partial charge in [0.05, 0.1) is 18.5 Å². The second-order valence-corrected chi connectivity index (χ2v) is 7.12. The van der Waals surface area contributed by atoms with Gasteiger partial charge in [-0.2, -0.15) is 0 Å². The van der Waals surface area contributed by atoms with E-state index >= 15 is 0 Å². The number of nitrogens with one attached hydrogen (secondary N) is 1. The maximum absolute atomic E-state index is 12.6. The van der Waals surface area contributed by atoms with Gasteiger partial charge in [-0.3, -0.25) is 9.59 Å². The van der Waals surface area contributed by atoms with Gasteiger partial charge in [0.1, 0.15) is 11.3 Å². The van der Waals surface area contributed by atoms with Gasteiger partial charge >= 0.3 is 0 Å². The van der Waals surface area contributed by atoms with E-state index in [0.29, 0.717) is 17.5 Å². The summed E-state index contributed by atoms with van der Waals surface area (Å²) in [6.07, 6.45) is 0.828. The molecule has 6 heteroatoms. The van der Waals surface area contributed by atoms with Crippen molar-refractivity contribution in [3.63, 3.8) is 0 Å². The molecule has 1 aromatic heterocycles. The highest BCUT2D eigenvalue weighted by Gasteiger charge is 2.18. The zero-order valence-electron chi connectivity index (χ0n) is 17.2. The molecule has 0 radical (unpaired) electrons. The zero-order valence-corrected chi connectivity index (χ0v) is 17.2. The first-order chi connectivity index (χ1) is 13.9. The van der Waals surface area contributed by atoms with Gasteiger partial charge in [0.25, 0.3) is 5.91 Å². The number of nitrogens with zero attached hydrogens (tertiary/aromatic N) is 1. The number of amides is 1. The molecule has 2 aromatic carbocycles. The number of carbonyl (C=O) groups is 1. The summed E-state index contributed by atoms with van der Waals surface area (Å²) in [5, 5.41) is 3.37. The quantitative estimate of drug-likeness (QED) is 0.665. The van der Waals surface area contributed by atoms with Crippen LogP contribution in [0, 0.1) is 0 Å². The Hall–Kier alpha value is -3.12. The molecule has 0 aliphatic carbocycles. The minimum absolute atomic E-state index is 0.0129. The molecule has 3 rings (SSSR count). The van der Waals surface area contributed by atoms with Crippen molar-refractivity contribution in [2.75, 3.05) is 27.7 Å². The van der Waals surface area contributed by atoms with Crippen LogP contribution in [0.5, 0.6) is 5.75 Å². The predicted octanol–water partition coefficient (Wildman–Crippen LogP) is 3.40. The molecular formula is C23H26N2O4. The molecule has 0 saturated heterocycles. The van der Waals surface area contributed by atoms with Crippen molar-refractivity contribution in [3.8, 4) is 5.75 Å². The molecule has 0 unspecified atom stereocenters. The van der Waals surface area contributed by atoms with E-state index < -0.39 is 5.91 Å². The Morgan fingerprint density at radius 1 is 1.14 bits per heavy atom. The summed E-state index contributed by atoms with van der Waals surface area (Å²) >= 11 is 0. The summed E-state index contributed by atoms with van der Waals surface area (Å²) in [6, 6.07) is 14.4. The molecule has 0 aliphatic heterocycles. The number of rotatable bonds is 7. The topological polar surface area (TPSA) is 71.8 Å². The van der Waals surface area contributed by atoms with Crippen LogP contribution < -0.4 is 15.5 Å². The number of hydrogen-bond acceptors (Lipinski definition) is 5. The largest absolute Gasteiger partial charge is 0.497 e. The number of fused-ring (bicyclic) bond motifs is 1. The lowest BCUT2D eigenvalue weighted by atomic mass is 10.1. The third-order valence-electron chi connectivity index (χ3n) is 5.00. The van der Waals surface area contributed by atoms with Gasteiger partial charge in [-0.05, 0) is 55.9 Å². The second-order valence-electron chi connectivity index (χ2n) is 7.12. The number of ether oxygens (including phenoxy) is 1. The Balaban J connectivity index is 1.78. The first-order valence-electron chi connectivity index (χ1n) is 9.58. The van der Waals surface area contributed by atoms with Gasteiger partial charge in [-0.25, -0.2) is 0 Å². The van der Waals surface area contributed by atoms with Crippen LogP contribution in [0.1, 0.15) is 34.6 Å². The maximum atomic E-state index is 12.6. The summed E-state index contributed by atoms with van der Waals surface area (Å²) in [7, 11) is 5.52. The zero-order chi connectivity index (χ0) is 21.0. The Morgan fingerprint density at radius 2 is 1.86 bits per heavy atom. The number of benzene rings is 2. The molecule has 1 atom stereocenters.